The second-order valence-corrected chi connectivity index (χ2v) is 3.57. The highest BCUT2D eigenvalue weighted by molar-refractivity contribution is 5.77. The molecule has 0 aromatic rings. The lowest BCUT2D eigenvalue weighted by Gasteiger charge is -2.21. The maximum Gasteiger partial charge on any atom is 0.0906 e. The number of likely N-dealkylation sites (tertiary alicyclic amines) is 1. The third-order valence-corrected chi connectivity index (χ3v) is 2.37. The molecule has 1 heterocycles. The summed E-state index contributed by atoms with van der Waals surface area (Å²) in [5, 5.41) is 0. The molecule has 1 saturated heterocycles. The van der Waals surface area contributed by atoms with Gasteiger partial charge in [0, 0.05) is 6.04 Å². The van der Waals surface area contributed by atoms with Crippen LogP contribution in [-0.4, -0.2) is 36.4 Å². The normalized spacial score (nSPS) is 23.0. The van der Waals surface area contributed by atoms with Crippen molar-refractivity contribution in [2.45, 2.75) is 32.7 Å². The minimum atomic E-state index is 0.561. The summed E-state index contributed by atoms with van der Waals surface area (Å²) in [4.78, 5) is 6.70. The first-order valence-corrected chi connectivity index (χ1v) is 4.70. The van der Waals surface area contributed by atoms with Gasteiger partial charge in [-0.15, -0.1) is 0 Å². The summed E-state index contributed by atoms with van der Waals surface area (Å²) < 4.78 is 0. The average molecular weight is 169 g/mol. The Balaban J connectivity index is 2.27. The molecule has 0 saturated carbocycles. The van der Waals surface area contributed by atoms with Crippen molar-refractivity contribution in [2.75, 3.05) is 19.6 Å². The molecule has 3 heteroatoms. The molecule has 1 fully saturated rings. The number of hydrogen-bond donors (Lipinski definition) is 1. The maximum absolute atomic E-state index is 5.47. The topological polar surface area (TPSA) is 41.6 Å². The van der Waals surface area contributed by atoms with Crippen LogP contribution in [0.25, 0.3) is 0 Å². The van der Waals surface area contributed by atoms with Gasteiger partial charge < -0.3 is 5.73 Å². The van der Waals surface area contributed by atoms with Gasteiger partial charge in [-0.1, -0.05) is 0 Å². The second-order valence-electron chi connectivity index (χ2n) is 3.57. The summed E-state index contributed by atoms with van der Waals surface area (Å²) in [5.74, 6) is 0.695. The molecule has 0 aliphatic carbocycles. The largest absolute Gasteiger partial charge is 0.388 e. The highest BCUT2D eigenvalue weighted by Gasteiger charge is 2.16. The first kappa shape index (κ1) is 9.52. The predicted octanol–water partition coefficient (Wildman–Crippen LogP) is 0.848. The molecular formula is C9H19N3. The molecule has 0 aromatic heterocycles. The molecule has 1 unspecified atom stereocenters. The van der Waals surface area contributed by atoms with E-state index >= 15 is 0 Å². The predicted molar refractivity (Wildman–Crippen MR) is 52.4 cm³/mol. The Morgan fingerprint density at radius 2 is 2.08 bits per heavy atom. The van der Waals surface area contributed by atoms with Crippen LogP contribution in [0.2, 0.25) is 0 Å². The van der Waals surface area contributed by atoms with Crippen molar-refractivity contribution >= 4 is 5.84 Å². The summed E-state index contributed by atoms with van der Waals surface area (Å²) in [5.41, 5.74) is 5.47. The lowest BCUT2D eigenvalue weighted by atomic mass is 10.3. The average Bonchev–Trinajstić information content (AvgIpc) is 2.51. The molecule has 0 radical (unpaired) electrons. The van der Waals surface area contributed by atoms with Gasteiger partial charge in [-0.2, -0.15) is 0 Å². The zero-order valence-corrected chi connectivity index (χ0v) is 8.08. The van der Waals surface area contributed by atoms with Crippen LogP contribution in [0.15, 0.2) is 4.99 Å². The molecular weight excluding hydrogens is 150 g/mol. The lowest BCUT2D eigenvalue weighted by molar-refractivity contribution is 0.265. The summed E-state index contributed by atoms with van der Waals surface area (Å²) >= 11 is 0. The van der Waals surface area contributed by atoms with Crippen LogP contribution in [0.3, 0.4) is 0 Å². The zero-order chi connectivity index (χ0) is 8.97. The lowest BCUT2D eigenvalue weighted by Crippen LogP contribution is -2.32. The van der Waals surface area contributed by atoms with Gasteiger partial charge in [-0.3, -0.25) is 9.89 Å². The Hall–Kier alpha value is -0.570. The summed E-state index contributed by atoms with van der Waals surface area (Å²) in [6, 6.07) is 0.561. The third-order valence-electron chi connectivity index (χ3n) is 2.37. The Labute approximate surface area is 74.6 Å². The van der Waals surface area contributed by atoms with E-state index in [2.05, 4.69) is 16.8 Å². The van der Waals surface area contributed by atoms with Crippen molar-refractivity contribution in [3.63, 3.8) is 0 Å². The minimum absolute atomic E-state index is 0.561. The second kappa shape index (κ2) is 4.45. The molecule has 0 aromatic carbocycles. The van der Waals surface area contributed by atoms with E-state index in [4.69, 9.17) is 5.73 Å². The molecule has 1 aliphatic rings. The quantitative estimate of drug-likeness (QED) is 0.502. The molecule has 1 atom stereocenters. The van der Waals surface area contributed by atoms with E-state index in [9.17, 15) is 0 Å². The van der Waals surface area contributed by atoms with Crippen molar-refractivity contribution in [2.24, 2.45) is 10.7 Å². The van der Waals surface area contributed by atoms with E-state index in [-0.39, 0.29) is 0 Å². The van der Waals surface area contributed by atoms with Gasteiger partial charge >= 0.3 is 0 Å². The Morgan fingerprint density at radius 1 is 1.50 bits per heavy atom. The zero-order valence-electron chi connectivity index (χ0n) is 8.08. The molecule has 12 heavy (non-hydrogen) atoms. The van der Waals surface area contributed by atoms with Crippen LogP contribution in [0.1, 0.15) is 26.7 Å². The molecule has 0 spiro atoms. The fourth-order valence-electron chi connectivity index (χ4n) is 1.57. The number of hydrogen-bond acceptors (Lipinski definition) is 2. The number of rotatable bonds is 3. The first-order valence-electron chi connectivity index (χ1n) is 4.70. The molecule has 2 N–H and O–H groups in total. The summed E-state index contributed by atoms with van der Waals surface area (Å²) in [6.45, 7) is 7.39. The standard InChI is InChI=1S/C9H19N3/c1-8(7-11-9(2)10)12-5-3-4-6-12/h8H,3-7H2,1-2H3,(H2,10,11). The third kappa shape index (κ3) is 2.81. The van der Waals surface area contributed by atoms with Crippen LogP contribution in [0.5, 0.6) is 0 Å². The van der Waals surface area contributed by atoms with Crippen LogP contribution in [0, 0.1) is 0 Å². The van der Waals surface area contributed by atoms with Gasteiger partial charge in [-0.05, 0) is 39.8 Å². The Morgan fingerprint density at radius 3 is 2.58 bits per heavy atom. The van der Waals surface area contributed by atoms with Crippen molar-refractivity contribution < 1.29 is 0 Å². The molecule has 1 rings (SSSR count). The number of aliphatic imine (C=N–C) groups is 1. The fraction of sp³-hybridized carbons (Fsp3) is 0.889. The molecule has 70 valence electrons. The van der Waals surface area contributed by atoms with Gasteiger partial charge in [0.1, 0.15) is 0 Å². The summed E-state index contributed by atoms with van der Waals surface area (Å²) in [7, 11) is 0. The van der Waals surface area contributed by atoms with E-state index in [1.807, 2.05) is 6.92 Å². The molecule has 1 aliphatic heterocycles. The van der Waals surface area contributed by atoms with Gasteiger partial charge in [-0.25, -0.2) is 0 Å². The van der Waals surface area contributed by atoms with E-state index in [1.165, 1.54) is 25.9 Å². The SMILES string of the molecule is CC(N)=NCC(C)N1CCCC1. The van der Waals surface area contributed by atoms with Crippen molar-refractivity contribution in [1.82, 2.24) is 4.90 Å². The first-order chi connectivity index (χ1) is 5.70. The van der Waals surface area contributed by atoms with Crippen molar-refractivity contribution in [3.8, 4) is 0 Å². The number of nitrogens with zero attached hydrogens (tertiary/aromatic N) is 2. The fourth-order valence-corrected chi connectivity index (χ4v) is 1.57. The maximum atomic E-state index is 5.47. The van der Waals surface area contributed by atoms with Crippen LogP contribution in [0.4, 0.5) is 0 Å². The van der Waals surface area contributed by atoms with Gasteiger partial charge in [0.25, 0.3) is 0 Å². The van der Waals surface area contributed by atoms with Gasteiger partial charge in [0.15, 0.2) is 0 Å². The van der Waals surface area contributed by atoms with Crippen LogP contribution in [-0.2, 0) is 0 Å². The molecule has 0 amide bonds. The molecule has 0 bridgehead atoms. The summed E-state index contributed by atoms with van der Waals surface area (Å²) in [6.07, 6.45) is 2.69. The smallest absolute Gasteiger partial charge is 0.0906 e. The van der Waals surface area contributed by atoms with Gasteiger partial charge in [0.05, 0.1) is 12.4 Å². The van der Waals surface area contributed by atoms with E-state index in [0.29, 0.717) is 11.9 Å². The van der Waals surface area contributed by atoms with Crippen LogP contribution >= 0.6 is 0 Å². The highest BCUT2D eigenvalue weighted by Crippen LogP contribution is 2.11. The van der Waals surface area contributed by atoms with E-state index < -0.39 is 0 Å². The van der Waals surface area contributed by atoms with Gasteiger partial charge in [0.2, 0.25) is 0 Å². The van der Waals surface area contributed by atoms with Crippen molar-refractivity contribution in [1.29, 1.82) is 0 Å². The van der Waals surface area contributed by atoms with Crippen molar-refractivity contribution in [3.05, 3.63) is 0 Å². The monoisotopic (exact) mass is 169 g/mol. The Bertz CT molecular complexity index is 155. The number of amidine groups is 1. The minimum Gasteiger partial charge on any atom is -0.388 e. The molecule has 3 nitrogen and oxygen atoms in total. The highest BCUT2D eigenvalue weighted by atomic mass is 15.2. The van der Waals surface area contributed by atoms with E-state index in [0.717, 1.165) is 6.54 Å². The van der Waals surface area contributed by atoms with E-state index in [1.54, 1.807) is 0 Å². The Kier molecular flexibility index (Phi) is 3.53. The van der Waals surface area contributed by atoms with Crippen LogP contribution < -0.4 is 5.73 Å². The number of nitrogens with two attached hydrogens (primary N) is 1.